The number of alkyl halides is 2. The van der Waals surface area contributed by atoms with E-state index in [1.165, 1.54) is 12.7 Å². The molecule has 0 amide bonds. The molecule has 1 aromatic rings. The number of carbonyl (C=O) groups is 1. The summed E-state index contributed by atoms with van der Waals surface area (Å²) in [6.07, 6.45) is 3.57. The van der Waals surface area contributed by atoms with Gasteiger partial charge < -0.3 is 9.84 Å². The highest BCUT2D eigenvalue weighted by Crippen LogP contribution is 2.68. The van der Waals surface area contributed by atoms with E-state index in [1.807, 2.05) is 12.1 Å². The Morgan fingerprint density at radius 2 is 2.11 bits per heavy atom. The average Bonchev–Trinajstić information content (AvgIpc) is 2.84. The Hall–Kier alpha value is -1.65. The van der Waals surface area contributed by atoms with Crippen LogP contribution < -0.4 is 0 Å². The molecule has 148 valence electrons. The first kappa shape index (κ1) is 18.7. The van der Waals surface area contributed by atoms with Gasteiger partial charge in [0, 0.05) is 18.3 Å². The van der Waals surface area contributed by atoms with E-state index in [4.69, 9.17) is 4.74 Å². The molecule has 0 saturated heterocycles. The van der Waals surface area contributed by atoms with Gasteiger partial charge in [-0.3, -0.25) is 4.79 Å². The lowest BCUT2D eigenvalue weighted by Gasteiger charge is -2.51. The first-order valence-corrected chi connectivity index (χ1v) is 10.0. The molecule has 0 radical (unpaired) electrons. The van der Waals surface area contributed by atoms with E-state index in [2.05, 4.69) is 0 Å². The molecule has 1 aromatic carbocycles. The molecule has 1 N–H and O–H groups in total. The van der Waals surface area contributed by atoms with Crippen molar-refractivity contribution in [3.05, 3.63) is 29.3 Å². The van der Waals surface area contributed by atoms with Crippen LogP contribution in [-0.2, 0) is 16.0 Å². The van der Waals surface area contributed by atoms with E-state index < -0.39 is 11.3 Å². The molecule has 2 saturated carbocycles. The van der Waals surface area contributed by atoms with Crippen molar-refractivity contribution in [2.24, 2.45) is 23.2 Å². The van der Waals surface area contributed by atoms with Gasteiger partial charge in [0.15, 0.2) is 0 Å². The predicted molar refractivity (Wildman–Crippen MR) is 97.8 cm³/mol. The lowest BCUT2D eigenvalue weighted by Crippen LogP contribution is -2.47. The van der Waals surface area contributed by atoms with Crippen molar-refractivity contribution < 1.29 is 23.4 Å². The third kappa shape index (κ3) is 2.85. The largest absolute Gasteiger partial charge is 0.508 e. The van der Waals surface area contributed by atoms with Gasteiger partial charge in [0.25, 0.3) is 5.92 Å². The maximum Gasteiger partial charge on any atom is 0.305 e. The molecule has 0 aliphatic heterocycles. The van der Waals surface area contributed by atoms with Crippen LogP contribution in [0.5, 0.6) is 5.75 Å². The third-order valence-electron chi connectivity index (χ3n) is 7.77. The summed E-state index contributed by atoms with van der Waals surface area (Å²) < 4.78 is 34.9. The zero-order valence-corrected chi connectivity index (χ0v) is 16.0. The van der Waals surface area contributed by atoms with E-state index in [-0.39, 0.29) is 48.2 Å². The van der Waals surface area contributed by atoms with Gasteiger partial charge in [0.2, 0.25) is 0 Å². The number of fused-ring (bicyclic) bond motifs is 5. The van der Waals surface area contributed by atoms with Crippen LogP contribution >= 0.6 is 0 Å². The predicted octanol–water partition coefficient (Wildman–Crippen LogP) is 5.06. The molecule has 2 fully saturated rings. The molecule has 5 atom stereocenters. The normalized spacial score (nSPS) is 36.4. The minimum atomic E-state index is -2.68. The Labute approximate surface area is 159 Å². The van der Waals surface area contributed by atoms with Crippen molar-refractivity contribution >= 4 is 5.97 Å². The van der Waals surface area contributed by atoms with Crippen LogP contribution in [0.3, 0.4) is 0 Å². The summed E-state index contributed by atoms with van der Waals surface area (Å²) >= 11 is 0. The average molecular weight is 378 g/mol. The van der Waals surface area contributed by atoms with Crippen LogP contribution in [0.15, 0.2) is 18.2 Å². The Balaban J connectivity index is 1.66. The fourth-order valence-electron chi connectivity index (χ4n) is 6.49. The number of hydrogen-bond donors (Lipinski definition) is 1. The zero-order valence-electron chi connectivity index (χ0n) is 16.0. The van der Waals surface area contributed by atoms with Gasteiger partial charge in [-0.2, -0.15) is 0 Å². The van der Waals surface area contributed by atoms with Crippen LogP contribution in [0.25, 0.3) is 0 Å². The summed E-state index contributed by atoms with van der Waals surface area (Å²) in [5, 5.41) is 9.79. The van der Waals surface area contributed by atoms with E-state index in [1.54, 1.807) is 13.0 Å². The monoisotopic (exact) mass is 378 g/mol. The van der Waals surface area contributed by atoms with Crippen LogP contribution in [0.1, 0.15) is 62.5 Å². The maximum atomic E-state index is 15.1. The standard InChI is InChI=1S/C22H28F2O3/c1-21-10-9-17-16-7-5-15(25)11-13(16)3-6-18(17)20(21)14(12-22(21,23)24)4-8-19(26)27-2/h5,7,11,14,17-18,20,25H,3-4,6,8-10,12H2,1-2H3/t14-,17?,18?,20?,21+/m1/s1. The number of methoxy groups -OCH3 is 1. The maximum absolute atomic E-state index is 15.1. The number of hydrogen-bond acceptors (Lipinski definition) is 3. The van der Waals surface area contributed by atoms with Crippen molar-refractivity contribution in [1.82, 2.24) is 0 Å². The zero-order chi connectivity index (χ0) is 19.4. The molecule has 0 bridgehead atoms. The molecule has 4 rings (SSSR count). The van der Waals surface area contributed by atoms with Gasteiger partial charge in [-0.05, 0) is 79.0 Å². The molecule has 0 heterocycles. The second kappa shape index (κ2) is 6.46. The number of phenols is 1. The van der Waals surface area contributed by atoms with Crippen LogP contribution in [0.4, 0.5) is 8.78 Å². The smallest absolute Gasteiger partial charge is 0.305 e. The minimum absolute atomic E-state index is 0.0714. The Morgan fingerprint density at radius 3 is 2.85 bits per heavy atom. The van der Waals surface area contributed by atoms with Gasteiger partial charge in [0.1, 0.15) is 5.75 Å². The summed E-state index contributed by atoms with van der Waals surface area (Å²) in [4.78, 5) is 11.6. The number of phenolic OH excluding ortho intramolecular Hbond substituents is 1. The molecule has 3 nitrogen and oxygen atoms in total. The van der Waals surface area contributed by atoms with E-state index in [9.17, 15) is 9.90 Å². The van der Waals surface area contributed by atoms with E-state index >= 15 is 8.78 Å². The molecular weight excluding hydrogens is 350 g/mol. The Kier molecular flexibility index (Phi) is 4.47. The number of carbonyl (C=O) groups excluding carboxylic acids is 1. The van der Waals surface area contributed by atoms with Crippen molar-refractivity contribution in [3.8, 4) is 5.75 Å². The Bertz CT molecular complexity index is 747. The van der Waals surface area contributed by atoms with E-state index in [0.717, 1.165) is 24.8 Å². The fourth-order valence-corrected chi connectivity index (χ4v) is 6.49. The van der Waals surface area contributed by atoms with Crippen LogP contribution in [0, 0.1) is 23.2 Å². The second-order valence-electron chi connectivity index (χ2n) is 8.96. The first-order chi connectivity index (χ1) is 12.8. The van der Waals surface area contributed by atoms with Crippen LogP contribution in [0.2, 0.25) is 0 Å². The summed E-state index contributed by atoms with van der Waals surface area (Å²) in [5.74, 6) is -2.44. The van der Waals surface area contributed by atoms with Crippen molar-refractivity contribution in [2.75, 3.05) is 7.11 Å². The molecule has 0 aromatic heterocycles. The Morgan fingerprint density at radius 1 is 1.33 bits per heavy atom. The SMILES string of the molecule is COC(=O)CC[C@@H]1CC(F)(F)[C@@]2(C)CCC3c4ccc(O)cc4CCC3C12. The van der Waals surface area contributed by atoms with Crippen molar-refractivity contribution in [3.63, 3.8) is 0 Å². The molecule has 27 heavy (non-hydrogen) atoms. The minimum Gasteiger partial charge on any atom is -0.508 e. The molecular formula is C22H28F2O3. The topological polar surface area (TPSA) is 46.5 Å². The number of esters is 1. The lowest BCUT2D eigenvalue weighted by molar-refractivity contribution is -0.141. The second-order valence-corrected chi connectivity index (χ2v) is 8.96. The summed E-state index contributed by atoms with van der Waals surface area (Å²) in [6, 6.07) is 5.53. The quantitative estimate of drug-likeness (QED) is 0.748. The summed E-state index contributed by atoms with van der Waals surface area (Å²) in [5.41, 5.74) is 1.41. The highest BCUT2D eigenvalue weighted by Gasteiger charge is 2.67. The van der Waals surface area contributed by atoms with Gasteiger partial charge in [-0.1, -0.05) is 13.0 Å². The third-order valence-corrected chi connectivity index (χ3v) is 7.77. The highest BCUT2D eigenvalue weighted by atomic mass is 19.3. The van der Waals surface area contributed by atoms with Gasteiger partial charge in [-0.25, -0.2) is 8.78 Å². The summed E-state index contributed by atoms with van der Waals surface area (Å²) in [6.45, 7) is 1.78. The van der Waals surface area contributed by atoms with Gasteiger partial charge >= 0.3 is 5.97 Å². The number of aryl methyl sites for hydroxylation is 1. The molecule has 3 aliphatic rings. The first-order valence-electron chi connectivity index (χ1n) is 10.0. The van der Waals surface area contributed by atoms with Crippen molar-refractivity contribution in [2.45, 2.75) is 63.7 Å². The molecule has 5 heteroatoms. The number of ether oxygens (including phenoxy) is 1. The molecule has 3 unspecified atom stereocenters. The van der Waals surface area contributed by atoms with Crippen LogP contribution in [-0.4, -0.2) is 24.1 Å². The molecule has 3 aliphatic carbocycles. The van der Waals surface area contributed by atoms with Gasteiger partial charge in [-0.15, -0.1) is 0 Å². The summed E-state index contributed by atoms with van der Waals surface area (Å²) in [7, 11) is 1.35. The van der Waals surface area contributed by atoms with E-state index in [0.29, 0.717) is 12.8 Å². The van der Waals surface area contributed by atoms with Crippen molar-refractivity contribution in [1.29, 1.82) is 0 Å². The molecule has 0 spiro atoms. The fraction of sp³-hybridized carbons (Fsp3) is 0.682. The number of rotatable bonds is 3. The van der Waals surface area contributed by atoms with Gasteiger partial charge in [0.05, 0.1) is 7.11 Å². The number of aromatic hydroxyl groups is 1. The lowest BCUT2D eigenvalue weighted by atomic mass is 9.53. The number of benzene rings is 1. The number of halogens is 2. The highest BCUT2D eigenvalue weighted by molar-refractivity contribution is 5.69.